The summed E-state index contributed by atoms with van der Waals surface area (Å²) in [5, 5.41) is 36.1. The maximum absolute atomic E-state index is 13.1. The molecule has 0 saturated carbocycles. The van der Waals surface area contributed by atoms with Crippen molar-refractivity contribution in [3.63, 3.8) is 0 Å². The van der Waals surface area contributed by atoms with Crippen LogP contribution >= 0.6 is 0 Å². The SMILES string of the molecule is O=C(O)CCC(NC(=O)C1CCCN1C(=O)C1CCCN1)C(=O)NC(Cc1ccc(O)cc1)C(=O)O. The molecule has 3 rings (SSSR count). The van der Waals surface area contributed by atoms with E-state index in [0.717, 1.165) is 13.0 Å². The summed E-state index contributed by atoms with van der Waals surface area (Å²) < 4.78 is 0. The lowest BCUT2D eigenvalue weighted by Crippen LogP contribution is -2.56. The summed E-state index contributed by atoms with van der Waals surface area (Å²) in [5.74, 6) is -4.05. The molecule has 2 aliphatic rings. The molecule has 0 aliphatic carbocycles. The van der Waals surface area contributed by atoms with Crippen LogP contribution in [0.25, 0.3) is 0 Å². The normalized spacial score (nSPS) is 20.9. The lowest BCUT2D eigenvalue weighted by Gasteiger charge is -2.28. The van der Waals surface area contributed by atoms with Crippen molar-refractivity contribution < 1.29 is 39.3 Å². The molecule has 0 spiro atoms. The number of carboxylic acid groups (broad SMARTS) is 2. The van der Waals surface area contributed by atoms with Gasteiger partial charge in [0, 0.05) is 19.4 Å². The van der Waals surface area contributed by atoms with E-state index in [1.165, 1.54) is 29.2 Å². The number of benzene rings is 1. The second-order valence-corrected chi connectivity index (χ2v) is 9.10. The van der Waals surface area contributed by atoms with Gasteiger partial charge in [0.25, 0.3) is 0 Å². The van der Waals surface area contributed by atoms with E-state index in [1.54, 1.807) is 0 Å². The minimum atomic E-state index is -1.34. The Balaban J connectivity index is 1.68. The number of amides is 3. The minimum Gasteiger partial charge on any atom is -0.508 e. The summed E-state index contributed by atoms with van der Waals surface area (Å²) in [5.41, 5.74) is 0.548. The number of carboxylic acids is 2. The summed E-state index contributed by atoms with van der Waals surface area (Å²) in [6, 6.07) is 2.05. The van der Waals surface area contributed by atoms with Crippen LogP contribution in [0.15, 0.2) is 24.3 Å². The number of rotatable bonds is 11. The molecule has 0 aromatic heterocycles. The van der Waals surface area contributed by atoms with E-state index in [-0.39, 0.29) is 30.5 Å². The quantitative estimate of drug-likeness (QED) is 0.233. The van der Waals surface area contributed by atoms with Crippen molar-refractivity contribution in [2.24, 2.45) is 0 Å². The van der Waals surface area contributed by atoms with Crippen molar-refractivity contribution >= 4 is 29.7 Å². The van der Waals surface area contributed by atoms with Gasteiger partial charge in [0.15, 0.2) is 0 Å². The Morgan fingerprint density at radius 2 is 1.72 bits per heavy atom. The standard InChI is InChI=1S/C24H32N4O8/c29-15-7-5-14(6-8-15)13-18(24(35)36)27-21(32)16(9-10-20(30)31)26-22(33)19-4-2-12-28(19)23(34)17-3-1-11-25-17/h5-8,16-19,25,29H,1-4,9-13H2,(H,26,33)(H,27,32)(H,30,31)(H,35,36). The number of phenols is 1. The van der Waals surface area contributed by atoms with Gasteiger partial charge in [-0.25, -0.2) is 4.79 Å². The Labute approximate surface area is 208 Å². The molecule has 12 nitrogen and oxygen atoms in total. The third kappa shape index (κ3) is 7.17. The lowest BCUT2D eigenvalue weighted by molar-refractivity contribution is -0.143. The molecule has 4 unspecified atom stereocenters. The van der Waals surface area contributed by atoms with Gasteiger partial charge in [-0.05, 0) is 56.3 Å². The van der Waals surface area contributed by atoms with Crippen LogP contribution in [0.4, 0.5) is 0 Å². The molecule has 2 saturated heterocycles. The zero-order valence-electron chi connectivity index (χ0n) is 19.8. The number of nitrogens with zero attached hydrogens (tertiary/aromatic N) is 1. The zero-order valence-corrected chi connectivity index (χ0v) is 19.8. The smallest absolute Gasteiger partial charge is 0.326 e. The molecule has 1 aromatic rings. The highest BCUT2D eigenvalue weighted by Crippen LogP contribution is 2.21. The van der Waals surface area contributed by atoms with E-state index >= 15 is 0 Å². The Bertz CT molecular complexity index is 977. The monoisotopic (exact) mass is 504 g/mol. The molecule has 2 heterocycles. The minimum absolute atomic E-state index is 0.00857. The van der Waals surface area contributed by atoms with E-state index in [1.807, 2.05) is 0 Å². The van der Waals surface area contributed by atoms with Crippen molar-refractivity contribution in [1.29, 1.82) is 0 Å². The predicted molar refractivity (Wildman–Crippen MR) is 126 cm³/mol. The number of nitrogens with one attached hydrogen (secondary N) is 3. The molecule has 12 heteroatoms. The number of carbonyl (C=O) groups excluding carboxylic acids is 3. The predicted octanol–water partition coefficient (Wildman–Crippen LogP) is -0.403. The average Bonchev–Trinajstić information content (AvgIpc) is 3.54. The summed E-state index contributed by atoms with van der Waals surface area (Å²) in [4.78, 5) is 63.3. The summed E-state index contributed by atoms with van der Waals surface area (Å²) in [7, 11) is 0. The first-order valence-electron chi connectivity index (χ1n) is 12.0. The number of hydrogen-bond acceptors (Lipinski definition) is 7. The van der Waals surface area contributed by atoms with Crippen LogP contribution in [-0.2, 0) is 30.4 Å². The first kappa shape index (κ1) is 26.9. The van der Waals surface area contributed by atoms with Crippen molar-refractivity contribution in [2.75, 3.05) is 13.1 Å². The van der Waals surface area contributed by atoms with Crippen LogP contribution in [-0.4, -0.2) is 87.1 Å². The fourth-order valence-electron chi connectivity index (χ4n) is 4.54. The number of phenolic OH excluding ortho intramolecular Hbond substituents is 1. The van der Waals surface area contributed by atoms with Gasteiger partial charge in [-0.3, -0.25) is 19.2 Å². The van der Waals surface area contributed by atoms with Gasteiger partial charge in [0.1, 0.15) is 23.9 Å². The van der Waals surface area contributed by atoms with Gasteiger partial charge in [0.05, 0.1) is 6.04 Å². The molecular weight excluding hydrogens is 472 g/mol. The second kappa shape index (κ2) is 12.3. The Kier molecular flexibility index (Phi) is 9.23. The van der Waals surface area contributed by atoms with Gasteiger partial charge in [-0.1, -0.05) is 12.1 Å². The van der Waals surface area contributed by atoms with Crippen LogP contribution < -0.4 is 16.0 Å². The maximum Gasteiger partial charge on any atom is 0.326 e. The largest absolute Gasteiger partial charge is 0.508 e. The fraction of sp³-hybridized carbons (Fsp3) is 0.542. The molecule has 0 bridgehead atoms. The van der Waals surface area contributed by atoms with Crippen molar-refractivity contribution in [2.45, 2.75) is 69.1 Å². The molecule has 4 atom stereocenters. The third-order valence-corrected chi connectivity index (χ3v) is 6.47. The van der Waals surface area contributed by atoms with E-state index in [2.05, 4.69) is 16.0 Å². The van der Waals surface area contributed by atoms with E-state index < -0.39 is 48.3 Å². The van der Waals surface area contributed by atoms with Gasteiger partial charge in [0.2, 0.25) is 17.7 Å². The molecule has 0 radical (unpaired) electrons. The molecular formula is C24H32N4O8. The zero-order chi connectivity index (χ0) is 26.2. The molecule has 6 N–H and O–H groups in total. The second-order valence-electron chi connectivity index (χ2n) is 9.10. The van der Waals surface area contributed by atoms with Gasteiger partial charge in [-0.2, -0.15) is 0 Å². The van der Waals surface area contributed by atoms with Crippen molar-refractivity contribution in [3.8, 4) is 5.75 Å². The van der Waals surface area contributed by atoms with Crippen LogP contribution in [0.1, 0.15) is 44.1 Å². The molecule has 3 amide bonds. The number of hydrogen-bond donors (Lipinski definition) is 6. The first-order valence-corrected chi connectivity index (χ1v) is 12.0. The topological polar surface area (TPSA) is 185 Å². The van der Waals surface area contributed by atoms with Crippen LogP contribution in [0, 0.1) is 0 Å². The van der Waals surface area contributed by atoms with Crippen molar-refractivity contribution in [3.05, 3.63) is 29.8 Å². The van der Waals surface area contributed by atoms with E-state index in [9.17, 15) is 34.2 Å². The third-order valence-electron chi connectivity index (χ3n) is 6.47. The van der Waals surface area contributed by atoms with Gasteiger partial charge in [-0.15, -0.1) is 0 Å². The molecule has 36 heavy (non-hydrogen) atoms. The lowest BCUT2D eigenvalue weighted by atomic mass is 10.0. The molecule has 196 valence electrons. The molecule has 2 fully saturated rings. The Morgan fingerprint density at radius 3 is 2.33 bits per heavy atom. The van der Waals surface area contributed by atoms with Crippen LogP contribution in [0.5, 0.6) is 5.75 Å². The number of aliphatic carboxylic acids is 2. The molecule has 2 aliphatic heterocycles. The van der Waals surface area contributed by atoms with E-state index in [4.69, 9.17) is 5.11 Å². The maximum atomic E-state index is 13.1. The van der Waals surface area contributed by atoms with E-state index in [0.29, 0.717) is 31.4 Å². The van der Waals surface area contributed by atoms with Crippen molar-refractivity contribution in [1.82, 2.24) is 20.9 Å². The highest BCUT2D eigenvalue weighted by Gasteiger charge is 2.39. The van der Waals surface area contributed by atoms with Crippen LogP contribution in [0.2, 0.25) is 0 Å². The highest BCUT2D eigenvalue weighted by molar-refractivity contribution is 5.94. The summed E-state index contributed by atoms with van der Waals surface area (Å²) in [6.45, 7) is 1.14. The molecule has 1 aromatic carbocycles. The first-order chi connectivity index (χ1) is 17.2. The van der Waals surface area contributed by atoms with Gasteiger partial charge >= 0.3 is 11.9 Å². The Hall–Kier alpha value is -3.67. The summed E-state index contributed by atoms with van der Waals surface area (Å²) in [6.07, 6.45) is 1.84. The number of carbonyl (C=O) groups is 5. The highest BCUT2D eigenvalue weighted by atomic mass is 16.4. The summed E-state index contributed by atoms with van der Waals surface area (Å²) >= 11 is 0. The fourth-order valence-corrected chi connectivity index (χ4v) is 4.54. The van der Waals surface area contributed by atoms with Gasteiger partial charge < -0.3 is 36.2 Å². The van der Waals surface area contributed by atoms with Crippen LogP contribution in [0.3, 0.4) is 0 Å². The average molecular weight is 505 g/mol. The Morgan fingerprint density at radius 1 is 1.00 bits per heavy atom. The number of likely N-dealkylation sites (tertiary alicyclic amines) is 1. The number of aromatic hydroxyl groups is 1.